The number of hydrazone groups is 1. The third kappa shape index (κ3) is 3.36. The van der Waals surface area contributed by atoms with Crippen LogP contribution in [0, 0.1) is 5.92 Å². The van der Waals surface area contributed by atoms with E-state index < -0.39 is 0 Å². The maximum absolute atomic E-state index is 12.7. The molecule has 130 valence electrons. The van der Waals surface area contributed by atoms with Gasteiger partial charge in [0.2, 0.25) is 5.91 Å². The van der Waals surface area contributed by atoms with Crippen molar-refractivity contribution in [2.45, 2.75) is 26.3 Å². The molecule has 1 heterocycles. The normalized spacial score (nSPS) is 16.9. The quantitative estimate of drug-likeness (QED) is 0.924. The lowest BCUT2D eigenvalue weighted by Gasteiger charge is -2.24. The summed E-state index contributed by atoms with van der Waals surface area (Å²) in [6.07, 6.45) is 0.545. The summed E-state index contributed by atoms with van der Waals surface area (Å²) >= 11 is 0. The fourth-order valence-corrected chi connectivity index (χ4v) is 2.97. The molecule has 0 saturated carbocycles. The van der Waals surface area contributed by atoms with Crippen molar-refractivity contribution < 1.29 is 14.6 Å². The Kier molecular flexibility index (Phi) is 4.74. The lowest BCUT2D eigenvalue weighted by atomic mass is 9.97. The Labute approximate surface area is 147 Å². The van der Waals surface area contributed by atoms with Crippen molar-refractivity contribution in [3.05, 3.63) is 59.7 Å². The molecule has 25 heavy (non-hydrogen) atoms. The third-order valence-electron chi connectivity index (χ3n) is 4.33. The smallest absolute Gasteiger partial charge is 0.245 e. The van der Waals surface area contributed by atoms with Crippen molar-refractivity contribution in [3.63, 3.8) is 0 Å². The Balaban J connectivity index is 2.00. The van der Waals surface area contributed by atoms with Crippen molar-refractivity contribution in [1.82, 2.24) is 5.01 Å². The predicted molar refractivity (Wildman–Crippen MR) is 96.7 cm³/mol. The third-order valence-corrected chi connectivity index (χ3v) is 4.33. The predicted octanol–water partition coefficient (Wildman–Crippen LogP) is 3.73. The molecule has 5 nitrogen and oxygen atoms in total. The summed E-state index contributed by atoms with van der Waals surface area (Å²) < 4.78 is 5.28. The number of aromatic hydroxyl groups is 1. The number of benzene rings is 2. The van der Waals surface area contributed by atoms with Crippen LogP contribution in [0.3, 0.4) is 0 Å². The van der Waals surface area contributed by atoms with Gasteiger partial charge in [0.05, 0.1) is 18.9 Å². The Hall–Kier alpha value is -2.82. The van der Waals surface area contributed by atoms with Crippen molar-refractivity contribution in [3.8, 4) is 11.5 Å². The Morgan fingerprint density at radius 3 is 2.68 bits per heavy atom. The molecule has 1 atom stereocenters. The summed E-state index contributed by atoms with van der Waals surface area (Å²) in [4.78, 5) is 12.7. The van der Waals surface area contributed by atoms with Crippen molar-refractivity contribution in [1.29, 1.82) is 0 Å². The number of phenolic OH excluding ortho intramolecular Hbond substituents is 1. The molecule has 1 amide bonds. The number of rotatable bonds is 4. The van der Waals surface area contributed by atoms with Gasteiger partial charge in [-0.2, -0.15) is 5.10 Å². The minimum Gasteiger partial charge on any atom is -0.508 e. The zero-order valence-corrected chi connectivity index (χ0v) is 14.6. The molecule has 5 heteroatoms. The number of phenols is 1. The minimum atomic E-state index is -0.308. The fraction of sp³-hybridized carbons (Fsp3) is 0.300. The van der Waals surface area contributed by atoms with Crippen LogP contribution < -0.4 is 4.74 Å². The van der Waals surface area contributed by atoms with Gasteiger partial charge in [-0.15, -0.1) is 0 Å². The van der Waals surface area contributed by atoms with Gasteiger partial charge in [-0.3, -0.25) is 4.79 Å². The van der Waals surface area contributed by atoms with Gasteiger partial charge in [-0.25, -0.2) is 5.01 Å². The first-order chi connectivity index (χ1) is 12.0. The van der Waals surface area contributed by atoms with Crippen LogP contribution in [0.5, 0.6) is 11.5 Å². The van der Waals surface area contributed by atoms with Gasteiger partial charge in [0.15, 0.2) is 0 Å². The maximum Gasteiger partial charge on any atom is 0.245 e. The zero-order valence-electron chi connectivity index (χ0n) is 14.6. The van der Waals surface area contributed by atoms with E-state index in [4.69, 9.17) is 4.74 Å². The monoisotopic (exact) mass is 338 g/mol. The molecule has 0 radical (unpaired) electrons. The van der Waals surface area contributed by atoms with Gasteiger partial charge in [0, 0.05) is 23.5 Å². The highest BCUT2D eigenvalue weighted by Gasteiger charge is 2.35. The van der Waals surface area contributed by atoms with E-state index in [1.165, 1.54) is 5.01 Å². The average molecular weight is 338 g/mol. The van der Waals surface area contributed by atoms with Crippen molar-refractivity contribution in [2.24, 2.45) is 11.0 Å². The van der Waals surface area contributed by atoms with Crippen LogP contribution in [-0.2, 0) is 4.79 Å². The van der Waals surface area contributed by atoms with Crippen LogP contribution >= 0.6 is 0 Å². The summed E-state index contributed by atoms with van der Waals surface area (Å²) in [6.45, 7) is 3.70. The molecule has 0 saturated heterocycles. The number of hydrogen-bond donors (Lipinski definition) is 1. The highest BCUT2D eigenvalue weighted by molar-refractivity contribution is 6.03. The molecule has 0 bridgehead atoms. The number of methoxy groups -OCH3 is 1. The van der Waals surface area contributed by atoms with Gasteiger partial charge >= 0.3 is 0 Å². The molecule has 0 unspecified atom stereocenters. The molecule has 0 fully saturated rings. The molecule has 0 aromatic heterocycles. The first kappa shape index (κ1) is 17.0. The SMILES string of the molecule is COc1cccc(C2=NN(C(=O)C(C)C)[C@@H](c3ccccc3O)C2)c1. The Bertz CT molecular complexity index is 814. The van der Waals surface area contributed by atoms with E-state index >= 15 is 0 Å². The Morgan fingerprint density at radius 2 is 2.00 bits per heavy atom. The standard InChI is InChI=1S/C20H22N2O3/c1-13(2)20(24)22-18(16-9-4-5-10-19(16)23)12-17(21-22)14-7-6-8-15(11-14)25-3/h4-11,13,18,23H,12H2,1-3H3/t18-/m1/s1. The second kappa shape index (κ2) is 6.97. The lowest BCUT2D eigenvalue weighted by Crippen LogP contribution is -2.30. The maximum atomic E-state index is 12.7. The summed E-state index contributed by atoms with van der Waals surface area (Å²) in [5, 5.41) is 16.3. The summed E-state index contributed by atoms with van der Waals surface area (Å²) in [5.41, 5.74) is 2.43. The van der Waals surface area contributed by atoms with Crippen LogP contribution in [0.4, 0.5) is 0 Å². The number of carbonyl (C=O) groups is 1. The number of amides is 1. The van der Waals surface area contributed by atoms with Crippen LogP contribution in [-0.4, -0.2) is 28.8 Å². The largest absolute Gasteiger partial charge is 0.508 e. The minimum absolute atomic E-state index is 0.0638. The van der Waals surface area contributed by atoms with Crippen LogP contribution in [0.25, 0.3) is 0 Å². The Morgan fingerprint density at radius 1 is 1.24 bits per heavy atom. The first-order valence-corrected chi connectivity index (χ1v) is 8.34. The highest BCUT2D eigenvalue weighted by Crippen LogP contribution is 2.37. The van der Waals surface area contributed by atoms with E-state index in [0.29, 0.717) is 12.0 Å². The number of carbonyl (C=O) groups excluding carboxylic acids is 1. The zero-order chi connectivity index (χ0) is 18.0. The molecule has 2 aromatic rings. The van der Waals surface area contributed by atoms with Crippen molar-refractivity contribution >= 4 is 11.6 Å². The second-order valence-electron chi connectivity index (χ2n) is 6.39. The lowest BCUT2D eigenvalue weighted by molar-refractivity contribution is -0.136. The number of hydrogen-bond acceptors (Lipinski definition) is 4. The second-order valence-corrected chi connectivity index (χ2v) is 6.39. The van der Waals surface area contributed by atoms with E-state index in [1.807, 2.05) is 50.2 Å². The van der Waals surface area contributed by atoms with Crippen LogP contribution in [0.1, 0.15) is 37.4 Å². The van der Waals surface area contributed by atoms with Gasteiger partial charge < -0.3 is 9.84 Å². The van der Waals surface area contributed by atoms with E-state index in [2.05, 4.69) is 5.10 Å². The number of nitrogens with zero attached hydrogens (tertiary/aromatic N) is 2. The van der Waals surface area contributed by atoms with Crippen LogP contribution in [0.2, 0.25) is 0 Å². The average Bonchev–Trinajstić information content (AvgIpc) is 3.06. The van der Waals surface area contributed by atoms with Crippen molar-refractivity contribution in [2.75, 3.05) is 7.11 Å². The molecule has 3 rings (SSSR count). The highest BCUT2D eigenvalue weighted by atomic mass is 16.5. The molecular formula is C20H22N2O3. The molecule has 1 aliphatic heterocycles. The number of ether oxygens (including phenoxy) is 1. The molecule has 1 aliphatic rings. The number of para-hydroxylation sites is 1. The molecule has 0 aliphatic carbocycles. The van der Waals surface area contributed by atoms with E-state index in [1.54, 1.807) is 19.2 Å². The molecule has 2 aromatic carbocycles. The van der Waals surface area contributed by atoms with E-state index in [9.17, 15) is 9.90 Å². The summed E-state index contributed by atoms with van der Waals surface area (Å²) in [6, 6.07) is 14.4. The fourth-order valence-electron chi connectivity index (χ4n) is 2.97. The van der Waals surface area contributed by atoms with Gasteiger partial charge in [0.1, 0.15) is 11.5 Å². The summed E-state index contributed by atoms with van der Waals surface area (Å²) in [7, 11) is 1.62. The topological polar surface area (TPSA) is 62.1 Å². The van der Waals surface area contributed by atoms with Gasteiger partial charge in [-0.1, -0.05) is 44.2 Å². The first-order valence-electron chi connectivity index (χ1n) is 8.34. The van der Waals surface area contributed by atoms with E-state index in [-0.39, 0.29) is 23.6 Å². The van der Waals surface area contributed by atoms with Gasteiger partial charge in [-0.05, 0) is 18.2 Å². The molecular weight excluding hydrogens is 316 g/mol. The summed E-state index contributed by atoms with van der Waals surface area (Å²) in [5.74, 6) is 0.678. The molecule has 1 N–H and O–H groups in total. The van der Waals surface area contributed by atoms with E-state index in [0.717, 1.165) is 17.0 Å². The molecule has 0 spiro atoms. The van der Waals surface area contributed by atoms with Gasteiger partial charge in [0.25, 0.3) is 0 Å². The van der Waals surface area contributed by atoms with Crippen LogP contribution in [0.15, 0.2) is 53.6 Å².